The SMILES string of the molecule is CCCCCCC/C(=N\OC(C)=O)c1ccc2c(c1)-c1cc(C(=O)C(C)(C)N3CCOCC3)ccc1C2(C)CC. The smallest absolute Gasteiger partial charge is 0.331 e. The molecule has 4 rings (SSSR count). The van der Waals surface area contributed by atoms with Crippen LogP contribution in [0.3, 0.4) is 0 Å². The quantitative estimate of drug-likeness (QED) is 0.0918. The molecule has 1 fully saturated rings. The highest BCUT2D eigenvalue weighted by Gasteiger charge is 2.40. The highest BCUT2D eigenvalue weighted by Crippen LogP contribution is 2.51. The van der Waals surface area contributed by atoms with Crippen molar-refractivity contribution in [2.24, 2.45) is 5.16 Å². The molecule has 6 nitrogen and oxygen atoms in total. The van der Waals surface area contributed by atoms with Crippen LogP contribution in [0.4, 0.5) is 0 Å². The number of oxime groups is 1. The first-order valence-corrected chi connectivity index (χ1v) is 15.0. The summed E-state index contributed by atoms with van der Waals surface area (Å²) in [6, 6.07) is 12.8. The molecule has 1 aliphatic heterocycles. The highest BCUT2D eigenvalue weighted by atomic mass is 16.7. The number of morpholine rings is 1. The first-order valence-electron chi connectivity index (χ1n) is 15.0. The number of carbonyl (C=O) groups is 2. The molecule has 1 heterocycles. The lowest BCUT2D eigenvalue weighted by atomic mass is 9.77. The van der Waals surface area contributed by atoms with Crippen LogP contribution in [-0.4, -0.2) is 54.2 Å². The Morgan fingerprint density at radius 1 is 0.950 bits per heavy atom. The van der Waals surface area contributed by atoms with Gasteiger partial charge in [-0.05, 0) is 73.1 Å². The summed E-state index contributed by atoms with van der Waals surface area (Å²) in [5.41, 5.74) is 6.50. The van der Waals surface area contributed by atoms with Gasteiger partial charge in [0.2, 0.25) is 0 Å². The molecule has 2 aromatic carbocycles. The molecule has 2 aliphatic rings. The number of unbranched alkanes of at least 4 members (excludes halogenated alkanes) is 4. The van der Waals surface area contributed by atoms with E-state index in [1.54, 1.807) is 0 Å². The molecule has 1 unspecified atom stereocenters. The van der Waals surface area contributed by atoms with Crippen molar-refractivity contribution in [2.75, 3.05) is 26.3 Å². The minimum Gasteiger partial charge on any atom is -0.379 e. The summed E-state index contributed by atoms with van der Waals surface area (Å²) in [5.74, 6) is -0.288. The predicted molar refractivity (Wildman–Crippen MR) is 161 cm³/mol. The highest BCUT2D eigenvalue weighted by molar-refractivity contribution is 6.05. The molecule has 0 bridgehead atoms. The number of benzene rings is 2. The number of rotatable bonds is 12. The van der Waals surface area contributed by atoms with Crippen LogP contribution in [0, 0.1) is 0 Å². The molecular formula is C34H46N2O4. The van der Waals surface area contributed by atoms with Gasteiger partial charge >= 0.3 is 5.97 Å². The Hall–Kier alpha value is -2.83. The fourth-order valence-corrected chi connectivity index (χ4v) is 6.22. The number of carbonyl (C=O) groups excluding carboxylic acids is 2. The van der Waals surface area contributed by atoms with Crippen LogP contribution in [-0.2, 0) is 19.8 Å². The van der Waals surface area contributed by atoms with Gasteiger partial charge in [0.1, 0.15) is 0 Å². The summed E-state index contributed by atoms with van der Waals surface area (Å²) in [5, 5.41) is 4.28. The van der Waals surface area contributed by atoms with Gasteiger partial charge in [-0.1, -0.05) is 75.9 Å². The van der Waals surface area contributed by atoms with E-state index < -0.39 is 11.5 Å². The number of hydrogen-bond donors (Lipinski definition) is 0. The molecule has 0 N–H and O–H groups in total. The van der Waals surface area contributed by atoms with Gasteiger partial charge in [-0.25, -0.2) is 4.79 Å². The van der Waals surface area contributed by atoms with Crippen LogP contribution in [0.2, 0.25) is 0 Å². The summed E-state index contributed by atoms with van der Waals surface area (Å²) in [7, 11) is 0. The molecule has 2 aromatic rings. The van der Waals surface area contributed by atoms with Gasteiger partial charge in [-0.3, -0.25) is 9.69 Å². The van der Waals surface area contributed by atoms with Crippen molar-refractivity contribution in [3.8, 4) is 11.1 Å². The molecule has 0 aromatic heterocycles. The van der Waals surface area contributed by atoms with E-state index in [-0.39, 0.29) is 11.2 Å². The van der Waals surface area contributed by atoms with Crippen LogP contribution in [0.1, 0.15) is 114 Å². The monoisotopic (exact) mass is 546 g/mol. The normalized spacial score (nSPS) is 19.3. The first-order chi connectivity index (χ1) is 19.1. The molecule has 0 radical (unpaired) electrons. The van der Waals surface area contributed by atoms with E-state index in [1.165, 1.54) is 37.3 Å². The molecule has 1 aliphatic carbocycles. The van der Waals surface area contributed by atoms with E-state index in [9.17, 15) is 9.59 Å². The Balaban J connectivity index is 1.71. The van der Waals surface area contributed by atoms with Gasteiger partial charge in [0, 0.05) is 31.0 Å². The molecular weight excluding hydrogens is 500 g/mol. The van der Waals surface area contributed by atoms with E-state index in [4.69, 9.17) is 9.57 Å². The zero-order valence-corrected chi connectivity index (χ0v) is 25.3. The van der Waals surface area contributed by atoms with Gasteiger partial charge < -0.3 is 9.57 Å². The molecule has 0 saturated carbocycles. The average molecular weight is 547 g/mol. The fourth-order valence-electron chi connectivity index (χ4n) is 6.22. The van der Waals surface area contributed by atoms with Gasteiger partial charge in [0.25, 0.3) is 0 Å². The van der Waals surface area contributed by atoms with Crippen LogP contribution in [0.15, 0.2) is 41.6 Å². The van der Waals surface area contributed by atoms with E-state index >= 15 is 0 Å². The van der Waals surface area contributed by atoms with E-state index in [2.05, 4.69) is 61.2 Å². The van der Waals surface area contributed by atoms with E-state index in [0.29, 0.717) is 13.2 Å². The Morgan fingerprint density at radius 2 is 1.55 bits per heavy atom. The zero-order chi connectivity index (χ0) is 28.9. The summed E-state index contributed by atoms with van der Waals surface area (Å²) < 4.78 is 5.53. The Bertz CT molecular complexity index is 1260. The summed E-state index contributed by atoms with van der Waals surface area (Å²) in [4.78, 5) is 32.8. The summed E-state index contributed by atoms with van der Waals surface area (Å²) in [6.07, 6.45) is 7.44. The van der Waals surface area contributed by atoms with Crippen molar-refractivity contribution in [1.29, 1.82) is 0 Å². The minimum atomic E-state index is -0.614. The molecule has 216 valence electrons. The van der Waals surface area contributed by atoms with Crippen LogP contribution >= 0.6 is 0 Å². The largest absolute Gasteiger partial charge is 0.379 e. The van der Waals surface area contributed by atoms with Crippen LogP contribution < -0.4 is 0 Å². The molecule has 0 spiro atoms. The lowest BCUT2D eigenvalue weighted by molar-refractivity contribution is -0.140. The Morgan fingerprint density at radius 3 is 2.15 bits per heavy atom. The van der Waals surface area contributed by atoms with Gasteiger partial charge in [-0.2, -0.15) is 0 Å². The second-order valence-electron chi connectivity index (χ2n) is 12.0. The molecule has 6 heteroatoms. The van der Waals surface area contributed by atoms with Gasteiger partial charge in [0.05, 0.1) is 24.5 Å². The maximum atomic E-state index is 13.9. The maximum absolute atomic E-state index is 13.9. The molecule has 0 amide bonds. The third kappa shape index (κ3) is 6.08. The summed E-state index contributed by atoms with van der Waals surface area (Å²) in [6.45, 7) is 15.0. The Labute approximate surface area is 240 Å². The van der Waals surface area contributed by atoms with Crippen molar-refractivity contribution in [3.05, 3.63) is 58.7 Å². The molecule has 40 heavy (non-hydrogen) atoms. The standard InChI is InChI=1S/C34H46N2O4/c1-7-9-10-11-12-13-31(35-40-24(3)37)25-14-16-29-27(22-25)28-23-26(15-17-30(28)34(29,6)8-2)32(38)33(4,5)36-18-20-39-21-19-36/h14-17,22-23H,7-13,18-21H2,1-6H3/b35-31+. The average Bonchev–Trinajstić information content (AvgIpc) is 3.21. The van der Waals surface area contributed by atoms with Crippen LogP contribution in [0.25, 0.3) is 11.1 Å². The van der Waals surface area contributed by atoms with E-state index in [1.807, 2.05) is 19.9 Å². The van der Waals surface area contributed by atoms with Crippen molar-refractivity contribution in [3.63, 3.8) is 0 Å². The van der Waals surface area contributed by atoms with Crippen molar-refractivity contribution in [1.82, 2.24) is 4.90 Å². The topological polar surface area (TPSA) is 68.2 Å². The predicted octanol–water partition coefficient (Wildman–Crippen LogP) is 7.30. The second-order valence-corrected chi connectivity index (χ2v) is 12.0. The number of hydrogen-bond acceptors (Lipinski definition) is 6. The van der Waals surface area contributed by atoms with Crippen LogP contribution in [0.5, 0.6) is 0 Å². The lowest BCUT2D eigenvalue weighted by Crippen LogP contribution is -2.54. The number of fused-ring (bicyclic) bond motifs is 3. The zero-order valence-electron chi connectivity index (χ0n) is 25.3. The van der Waals surface area contributed by atoms with Crippen molar-refractivity contribution in [2.45, 2.75) is 97.4 Å². The molecule has 1 atom stereocenters. The number of Topliss-reactive ketones (excluding diaryl/α,β-unsaturated/α-hetero) is 1. The third-order valence-corrected chi connectivity index (χ3v) is 8.98. The first kappa shape index (κ1) is 30.1. The number of nitrogens with zero attached hydrogens (tertiary/aromatic N) is 2. The number of ether oxygens (including phenoxy) is 1. The van der Waals surface area contributed by atoms with Gasteiger partial charge in [0.15, 0.2) is 5.78 Å². The maximum Gasteiger partial charge on any atom is 0.331 e. The van der Waals surface area contributed by atoms with Crippen molar-refractivity contribution >= 4 is 17.5 Å². The van der Waals surface area contributed by atoms with E-state index in [0.717, 1.165) is 66.7 Å². The van der Waals surface area contributed by atoms with Crippen molar-refractivity contribution < 1.29 is 19.2 Å². The Kier molecular flexibility index (Phi) is 9.63. The fraction of sp³-hybridized carbons (Fsp3) is 0.559. The summed E-state index contributed by atoms with van der Waals surface area (Å²) >= 11 is 0. The number of ketones is 1. The molecule has 1 saturated heterocycles. The minimum absolute atomic E-state index is 0.129. The second kappa shape index (κ2) is 12.8. The third-order valence-electron chi connectivity index (χ3n) is 8.98. The van der Waals surface area contributed by atoms with Gasteiger partial charge in [-0.15, -0.1) is 0 Å². The lowest BCUT2D eigenvalue weighted by Gasteiger charge is -2.39.